The maximum atomic E-state index is 3.58. The highest BCUT2D eigenvalue weighted by Gasteiger charge is 2.26. The monoisotopic (exact) mass is 143 g/mol. The van der Waals surface area contributed by atoms with Crippen molar-refractivity contribution in [2.24, 2.45) is 0 Å². The Labute approximate surface area is 60.6 Å². The van der Waals surface area contributed by atoms with Crippen LogP contribution in [0.5, 0.6) is 0 Å². The fourth-order valence-corrected chi connectivity index (χ4v) is 2.61. The second-order valence-electron chi connectivity index (χ2n) is 3.30. The zero-order chi connectivity index (χ0) is 6.74. The first-order valence-electron chi connectivity index (χ1n) is 4.02. The van der Waals surface area contributed by atoms with Gasteiger partial charge in [0.25, 0.3) is 0 Å². The summed E-state index contributed by atoms with van der Waals surface area (Å²) in [6, 6.07) is 0. The van der Waals surface area contributed by atoms with Crippen molar-refractivity contribution in [3.05, 3.63) is 0 Å². The van der Waals surface area contributed by atoms with Crippen LogP contribution in [0, 0.1) is 0 Å². The van der Waals surface area contributed by atoms with Crippen LogP contribution in [0.25, 0.3) is 0 Å². The Balaban J connectivity index is 2.32. The van der Waals surface area contributed by atoms with E-state index in [2.05, 4.69) is 12.2 Å². The number of nitrogens with one attached hydrogen (secondary N) is 1. The summed E-state index contributed by atoms with van der Waals surface area (Å²) in [6.07, 6.45) is 6.93. The normalized spacial score (nSPS) is 25.0. The SMILES string of the molecule is CC1(NC[SiH3])CCCC1. The van der Waals surface area contributed by atoms with E-state index in [-0.39, 0.29) is 0 Å². The van der Waals surface area contributed by atoms with Gasteiger partial charge >= 0.3 is 0 Å². The van der Waals surface area contributed by atoms with Crippen LogP contribution in [0.15, 0.2) is 0 Å². The molecule has 0 saturated heterocycles. The van der Waals surface area contributed by atoms with Gasteiger partial charge in [-0.15, -0.1) is 0 Å². The average molecular weight is 143 g/mol. The van der Waals surface area contributed by atoms with Gasteiger partial charge in [-0.3, -0.25) is 0 Å². The van der Waals surface area contributed by atoms with Gasteiger partial charge in [0.1, 0.15) is 0 Å². The zero-order valence-corrected chi connectivity index (χ0v) is 8.54. The Kier molecular flexibility index (Phi) is 2.30. The molecule has 1 saturated carbocycles. The first kappa shape index (κ1) is 7.29. The molecule has 0 amide bonds. The summed E-state index contributed by atoms with van der Waals surface area (Å²) in [5.74, 6) is 0. The number of hydrogen-bond donors (Lipinski definition) is 1. The number of hydrogen-bond acceptors (Lipinski definition) is 1. The zero-order valence-electron chi connectivity index (χ0n) is 6.54. The van der Waals surface area contributed by atoms with E-state index in [0.717, 1.165) is 0 Å². The van der Waals surface area contributed by atoms with Crippen LogP contribution < -0.4 is 5.32 Å². The van der Waals surface area contributed by atoms with Gasteiger partial charge in [-0.2, -0.15) is 0 Å². The van der Waals surface area contributed by atoms with Gasteiger partial charge in [0, 0.05) is 15.8 Å². The molecule has 0 aromatic heterocycles. The van der Waals surface area contributed by atoms with Gasteiger partial charge in [-0.1, -0.05) is 12.8 Å². The second kappa shape index (κ2) is 2.84. The van der Waals surface area contributed by atoms with E-state index in [1.165, 1.54) is 42.1 Å². The molecule has 0 heterocycles. The van der Waals surface area contributed by atoms with Crippen molar-refractivity contribution in [3.63, 3.8) is 0 Å². The van der Waals surface area contributed by atoms with Crippen LogP contribution >= 0.6 is 0 Å². The van der Waals surface area contributed by atoms with Crippen molar-refractivity contribution < 1.29 is 0 Å². The van der Waals surface area contributed by atoms with Gasteiger partial charge in [-0.05, 0) is 25.9 Å². The Morgan fingerprint density at radius 1 is 1.44 bits per heavy atom. The average Bonchev–Trinajstić information content (AvgIpc) is 2.16. The molecule has 54 valence electrons. The van der Waals surface area contributed by atoms with Crippen molar-refractivity contribution in [1.29, 1.82) is 0 Å². The Hall–Kier alpha value is 0.177. The van der Waals surface area contributed by atoms with Crippen LogP contribution in [0.2, 0.25) is 0 Å². The standard InChI is InChI=1S/C7H17NSi/c1-7(8-6-9)4-2-3-5-7/h8H,2-6H2,1,9H3. The molecule has 1 aliphatic rings. The predicted molar refractivity (Wildman–Crippen MR) is 44.8 cm³/mol. The van der Waals surface area contributed by atoms with Crippen molar-refractivity contribution in [2.45, 2.75) is 38.1 Å². The van der Waals surface area contributed by atoms with E-state index in [9.17, 15) is 0 Å². The van der Waals surface area contributed by atoms with Crippen LogP contribution in [0.3, 0.4) is 0 Å². The van der Waals surface area contributed by atoms with Gasteiger partial charge in [-0.25, -0.2) is 0 Å². The summed E-state index contributed by atoms with van der Waals surface area (Å²) < 4.78 is 0. The molecule has 0 bridgehead atoms. The summed E-state index contributed by atoms with van der Waals surface area (Å²) in [5.41, 5.74) is 0.530. The molecular weight excluding hydrogens is 126 g/mol. The van der Waals surface area contributed by atoms with E-state index in [0.29, 0.717) is 5.54 Å². The molecule has 1 rings (SSSR count). The van der Waals surface area contributed by atoms with Gasteiger partial charge < -0.3 is 5.32 Å². The smallest absolute Gasteiger partial charge is 0.0202 e. The highest BCUT2D eigenvalue weighted by molar-refractivity contribution is 6.08. The molecule has 0 unspecified atom stereocenters. The fraction of sp³-hybridized carbons (Fsp3) is 1.00. The van der Waals surface area contributed by atoms with Crippen LogP contribution in [0.1, 0.15) is 32.6 Å². The lowest BCUT2D eigenvalue weighted by atomic mass is 10.0. The lowest BCUT2D eigenvalue weighted by Crippen LogP contribution is -2.39. The molecule has 1 nitrogen and oxygen atoms in total. The molecule has 0 aromatic carbocycles. The van der Waals surface area contributed by atoms with Gasteiger partial charge in [0.15, 0.2) is 0 Å². The molecule has 0 aromatic rings. The highest BCUT2D eigenvalue weighted by Crippen LogP contribution is 2.28. The van der Waals surface area contributed by atoms with E-state index < -0.39 is 0 Å². The minimum absolute atomic E-state index is 0.530. The van der Waals surface area contributed by atoms with Crippen LogP contribution in [-0.2, 0) is 0 Å². The molecule has 0 atom stereocenters. The Bertz CT molecular complexity index is 86.9. The molecule has 9 heavy (non-hydrogen) atoms. The van der Waals surface area contributed by atoms with Crippen molar-refractivity contribution in [2.75, 3.05) is 6.17 Å². The third kappa shape index (κ3) is 1.80. The first-order chi connectivity index (χ1) is 4.27. The second-order valence-corrected chi connectivity index (χ2v) is 4.01. The lowest BCUT2D eigenvalue weighted by molar-refractivity contribution is 0.390. The van der Waals surface area contributed by atoms with Crippen molar-refractivity contribution >= 4 is 10.2 Å². The van der Waals surface area contributed by atoms with E-state index in [1.807, 2.05) is 0 Å². The summed E-state index contributed by atoms with van der Waals surface area (Å²) in [4.78, 5) is 0. The topological polar surface area (TPSA) is 12.0 Å². The quantitative estimate of drug-likeness (QED) is 0.546. The minimum atomic E-state index is 0.530. The lowest BCUT2D eigenvalue weighted by Gasteiger charge is -2.24. The Morgan fingerprint density at radius 2 is 2.00 bits per heavy atom. The van der Waals surface area contributed by atoms with E-state index in [1.54, 1.807) is 0 Å². The third-order valence-electron chi connectivity index (χ3n) is 2.31. The van der Waals surface area contributed by atoms with Crippen molar-refractivity contribution in [1.82, 2.24) is 5.32 Å². The third-order valence-corrected chi connectivity index (χ3v) is 2.66. The number of rotatable bonds is 2. The molecule has 2 heteroatoms. The maximum absolute atomic E-state index is 3.58. The minimum Gasteiger partial charge on any atom is -0.315 e. The van der Waals surface area contributed by atoms with Crippen LogP contribution in [-0.4, -0.2) is 21.9 Å². The fourth-order valence-electron chi connectivity index (χ4n) is 1.76. The van der Waals surface area contributed by atoms with E-state index in [4.69, 9.17) is 0 Å². The summed E-state index contributed by atoms with van der Waals surface area (Å²) in [7, 11) is 1.30. The molecule has 0 aliphatic heterocycles. The predicted octanol–water partition coefficient (Wildman–Crippen LogP) is 0.232. The van der Waals surface area contributed by atoms with Gasteiger partial charge in [0.05, 0.1) is 0 Å². The van der Waals surface area contributed by atoms with E-state index >= 15 is 0 Å². The van der Waals surface area contributed by atoms with Gasteiger partial charge in [0.2, 0.25) is 0 Å². The molecule has 1 N–H and O–H groups in total. The maximum Gasteiger partial charge on any atom is 0.0202 e. The Morgan fingerprint density at radius 3 is 2.44 bits per heavy atom. The first-order valence-corrected chi connectivity index (χ1v) is 5.43. The highest BCUT2D eigenvalue weighted by atomic mass is 28.1. The summed E-state index contributed by atoms with van der Waals surface area (Å²) >= 11 is 0. The summed E-state index contributed by atoms with van der Waals surface area (Å²) in [6.45, 7) is 2.36. The molecule has 1 aliphatic carbocycles. The summed E-state index contributed by atoms with van der Waals surface area (Å²) in [5, 5.41) is 3.58. The largest absolute Gasteiger partial charge is 0.315 e. The van der Waals surface area contributed by atoms with Crippen LogP contribution in [0.4, 0.5) is 0 Å². The molecule has 1 fully saturated rings. The van der Waals surface area contributed by atoms with Crippen molar-refractivity contribution in [3.8, 4) is 0 Å². The molecular formula is C7H17NSi. The molecule has 0 radical (unpaired) electrons. The molecule has 0 spiro atoms.